The number of nitrogens with two attached hydrogens (primary N) is 1. The van der Waals surface area contributed by atoms with Crippen molar-refractivity contribution in [2.24, 2.45) is 17.6 Å². The standard InChI is InChI=1S/C12H24N2O3.C2HF3O2/c1-5-8(4)10(13)11(15)14-9(12(16)17)6-7(2)3;3-2(4,5)1(6)7/h7-10H,5-6,13H2,1-4H3,(H,14,15)(H,16,17);(H,6,7)/t8-,9-,10-;/m0./s1/i2+1,3+1,6+1,7+1,9+1,12+1,14+1;. The van der Waals surface area contributed by atoms with Crippen molar-refractivity contribution in [3.8, 4) is 0 Å². The van der Waals surface area contributed by atoms with Gasteiger partial charge in [0.1, 0.15) is 6.04 Å². The van der Waals surface area contributed by atoms with Crippen molar-refractivity contribution in [2.45, 2.75) is 58.8 Å². The van der Waals surface area contributed by atoms with Gasteiger partial charge in [-0.1, -0.05) is 34.1 Å². The molecule has 0 aliphatic carbocycles. The first-order chi connectivity index (χ1) is 10.7. The zero-order valence-electron chi connectivity index (χ0n) is 14.1. The first-order valence-corrected chi connectivity index (χ1v) is 7.32. The number of carboxylic acid groups (broad SMARTS) is 2. The summed E-state index contributed by atoms with van der Waals surface area (Å²) in [5, 5.41) is 18.6. The molecule has 5 N–H and O–H groups in total. The number of hydrogen-bond donors (Lipinski definition) is 4. The second-order valence-corrected chi connectivity index (χ2v) is 5.74. The van der Waals surface area contributed by atoms with Gasteiger partial charge in [-0.25, -0.2) is 9.59 Å². The lowest BCUT2D eigenvalue weighted by atomic mass is 10.0. The van der Waals surface area contributed by atoms with Gasteiger partial charge in [0.2, 0.25) is 5.91 Å². The topological polar surface area (TPSA) is 130 Å². The van der Waals surface area contributed by atoms with Gasteiger partial charge in [0.05, 0.1) is 6.04 Å². The Bertz CT molecular complexity index is 427. The summed E-state index contributed by atoms with van der Waals surface area (Å²) in [7, 11) is 0. The molecule has 0 saturated heterocycles. The molecule has 0 aromatic heterocycles. The summed E-state index contributed by atoms with van der Waals surface area (Å²) in [5.41, 5.74) is 5.75. The van der Waals surface area contributed by atoms with Gasteiger partial charge >= 0.3 is 18.1 Å². The van der Waals surface area contributed by atoms with Gasteiger partial charge in [-0.2, -0.15) is 13.2 Å². The number of amides is 1. The predicted molar refractivity (Wildman–Crippen MR) is 80.1 cm³/mol. The maximum atomic E-state index is 11.7. The molecule has 0 rings (SSSR count). The van der Waals surface area contributed by atoms with Crippen molar-refractivity contribution in [3.05, 3.63) is 0 Å². The Morgan fingerprint density at radius 2 is 1.54 bits per heavy atom. The third kappa shape index (κ3) is 10.8. The molecule has 7 nitrogen and oxygen atoms in total. The van der Waals surface area contributed by atoms with E-state index in [9.17, 15) is 22.8 Å². The SMILES string of the molecule is CC[C@H](C)[C@H](N)C(=O)[15NH][13C@@H]([13CH2][13CH]([13CH3])[13CH3])[13C](=O)O.O=C(O)C(F)(F)F. The van der Waals surface area contributed by atoms with Gasteiger partial charge in [0.25, 0.3) is 0 Å². The molecule has 0 unspecified atom stereocenters. The molecule has 0 heterocycles. The van der Waals surface area contributed by atoms with Crippen LogP contribution in [0.5, 0.6) is 0 Å². The first kappa shape index (κ1) is 24.4. The van der Waals surface area contributed by atoms with Crippen molar-refractivity contribution in [1.29, 1.82) is 0 Å². The van der Waals surface area contributed by atoms with Crippen molar-refractivity contribution < 1.29 is 37.8 Å². The molecule has 0 aromatic carbocycles. The average Bonchev–Trinajstić information content (AvgIpc) is 2.43. The smallest absolute Gasteiger partial charge is 0.480 e. The van der Waals surface area contributed by atoms with Crippen LogP contribution in [0.1, 0.15) is 40.5 Å². The number of alkyl halides is 3. The third-order valence-electron chi connectivity index (χ3n) is 3.12. The van der Waals surface area contributed by atoms with E-state index in [-0.39, 0.29) is 17.7 Å². The second kappa shape index (κ2) is 10.8. The van der Waals surface area contributed by atoms with E-state index in [1.165, 1.54) is 0 Å². The molecule has 0 spiro atoms. The molecule has 0 saturated carbocycles. The van der Waals surface area contributed by atoms with Gasteiger partial charge in [-0.15, -0.1) is 0 Å². The molecule has 0 aliphatic heterocycles. The Morgan fingerprint density at radius 1 is 1.12 bits per heavy atom. The molecule has 1 amide bonds. The number of aliphatic carboxylic acids is 2. The number of rotatable bonds is 7. The van der Waals surface area contributed by atoms with Crippen LogP contribution in [0.25, 0.3) is 0 Å². The Morgan fingerprint density at radius 3 is 1.79 bits per heavy atom. The highest BCUT2D eigenvalue weighted by atomic mass is 19.4. The summed E-state index contributed by atoms with van der Waals surface area (Å²) in [4.78, 5) is 31.6. The number of halogens is 3. The molecular weight excluding hydrogens is 340 g/mol. The van der Waals surface area contributed by atoms with Crippen LogP contribution in [0.4, 0.5) is 13.2 Å². The normalized spacial score (nSPS) is 14.9. The minimum atomic E-state index is -5.08. The van der Waals surface area contributed by atoms with E-state index in [4.69, 9.17) is 20.7 Å². The lowest BCUT2D eigenvalue weighted by Crippen LogP contribution is -2.51. The third-order valence-corrected chi connectivity index (χ3v) is 3.12. The maximum absolute atomic E-state index is 11.7. The fraction of sp³-hybridized carbons (Fsp3) is 0.786. The predicted octanol–water partition coefficient (Wildman–Crippen LogP) is 1.61. The van der Waals surface area contributed by atoms with E-state index < -0.39 is 30.2 Å². The number of hydrogen-bond acceptors (Lipinski definition) is 4. The second-order valence-electron chi connectivity index (χ2n) is 5.74. The van der Waals surface area contributed by atoms with Crippen molar-refractivity contribution in [2.75, 3.05) is 0 Å². The highest BCUT2D eigenvalue weighted by Crippen LogP contribution is 2.13. The van der Waals surface area contributed by atoms with Crippen LogP contribution < -0.4 is 11.1 Å². The quantitative estimate of drug-likeness (QED) is 0.401. The average molecular weight is 365 g/mol. The van der Waals surface area contributed by atoms with Crippen molar-refractivity contribution in [1.82, 2.24) is 5.32 Å². The van der Waals surface area contributed by atoms with Gasteiger partial charge in [0.15, 0.2) is 0 Å². The van der Waals surface area contributed by atoms with Crippen molar-refractivity contribution >= 4 is 17.8 Å². The molecule has 10 heteroatoms. The minimum Gasteiger partial charge on any atom is -0.480 e. The van der Waals surface area contributed by atoms with Crippen LogP contribution in [0.2, 0.25) is 0 Å². The molecule has 142 valence electrons. The Hall–Kier alpha value is -1.84. The zero-order chi connectivity index (χ0) is 19.7. The molecule has 0 radical (unpaired) electrons. The minimum absolute atomic E-state index is 0.0449. The summed E-state index contributed by atoms with van der Waals surface area (Å²) in [6.07, 6.45) is -3.88. The Labute approximate surface area is 138 Å². The highest BCUT2D eigenvalue weighted by Gasteiger charge is 2.38. The van der Waals surface area contributed by atoms with E-state index in [0.717, 1.165) is 6.42 Å². The maximum Gasteiger partial charge on any atom is 0.490 e. The molecule has 24 heavy (non-hydrogen) atoms. The number of nitrogens with one attached hydrogen (secondary N) is 1. The Balaban J connectivity index is 0. The van der Waals surface area contributed by atoms with E-state index >= 15 is 0 Å². The summed E-state index contributed by atoms with van der Waals surface area (Å²) in [6, 6.07) is -1.49. The summed E-state index contributed by atoms with van der Waals surface area (Å²) < 4.78 is 31.7. The monoisotopic (exact) mass is 365 g/mol. The highest BCUT2D eigenvalue weighted by molar-refractivity contribution is 5.86. The van der Waals surface area contributed by atoms with E-state index in [0.29, 0.717) is 6.42 Å². The number of carbonyl (C=O) groups is 3. The van der Waals surface area contributed by atoms with Crippen LogP contribution in [0, 0.1) is 11.8 Å². The van der Waals surface area contributed by atoms with Crippen LogP contribution in [0.3, 0.4) is 0 Å². The van der Waals surface area contributed by atoms with Crippen molar-refractivity contribution in [3.63, 3.8) is 0 Å². The fourth-order valence-electron chi connectivity index (χ4n) is 1.47. The molecule has 0 bridgehead atoms. The summed E-state index contributed by atoms with van der Waals surface area (Å²) in [5.74, 6) is -3.90. The molecule has 0 fully saturated rings. The van der Waals surface area contributed by atoms with E-state index in [1.54, 1.807) is 0 Å². The van der Waals surface area contributed by atoms with E-state index in [1.807, 2.05) is 27.7 Å². The lowest BCUT2D eigenvalue weighted by molar-refractivity contribution is -0.192. The van der Waals surface area contributed by atoms with Crippen LogP contribution in [-0.4, -0.2) is 46.3 Å². The molecule has 0 aliphatic rings. The first-order valence-electron chi connectivity index (χ1n) is 7.32. The van der Waals surface area contributed by atoms with Crippen LogP contribution in [-0.2, 0) is 14.4 Å². The van der Waals surface area contributed by atoms with Gasteiger partial charge < -0.3 is 21.3 Å². The molecular formula is C14H25F3N2O5. The summed E-state index contributed by atoms with van der Waals surface area (Å²) >= 11 is 0. The lowest BCUT2D eigenvalue weighted by Gasteiger charge is -2.22. The van der Waals surface area contributed by atoms with E-state index in [2.05, 4.69) is 5.32 Å². The fourth-order valence-corrected chi connectivity index (χ4v) is 1.47. The zero-order valence-corrected chi connectivity index (χ0v) is 14.1. The van der Waals surface area contributed by atoms with Crippen LogP contribution in [0.15, 0.2) is 0 Å². The molecule has 3 atom stereocenters. The van der Waals surface area contributed by atoms with Gasteiger partial charge in [-0.05, 0) is 18.3 Å². The van der Waals surface area contributed by atoms with Crippen LogP contribution >= 0.6 is 0 Å². The molecule has 0 aromatic rings. The number of carbonyl (C=O) groups excluding carboxylic acids is 1. The Kier molecular flexibility index (Phi) is 11.0. The number of carboxylic acids is 2. The van der Waals surface area contributed by atoms with Gasteiger partial charge in [0, 0.05) is 0 Å². The van der Waals surface area contributed by atoms with Gasteiger partial charge in [-0.3, -0.25) is 4.79 Å². The summed E-state index contributed by atoms with van der Waals surface area (Å²) in [6.45, 7) is 7.65. The largest absolute Gasteiger partial charge is 0.490 e.